The molecule has 0 amide bonds. The minimum Gasteiger partial charge on any atom is -0.383 e. The van der Waals surface area contributed by atoms with Crippen LogP contribution in [0.25, 0.3) is 0 Å². The molecule has 1 fully saturated rings. The summed E-state index contributed by atoms with van der Waals surface area (Å²) in [6.45, 7) is 2.84. The first kappa shape index (κ1) is 12.6. The van der Waals surface area contributed by atoms with Gasteiger partial charge in [-0.25, -0.2) is 0 Å². The summed E-state index contributed by atoms with van der Waals surface area (Å²) in [6, 6.07) is -0.618. The number of carbonyl (C=O) groups excluding carboxylic acids is 1. The molecular formula is C11H13BrN2O3S. The minimum absolute atomic E-state index is 0.263. The van der Waals surface area contributed by atoms with Crippen molar-refractivity contribution in [3.05, 3.63) is 14.9 Å². The molecule has 1 aromatic rings. The fourth-order valence-electron chi connectivity index (χ4n) is 2.40. The van der Waals surface area contributed by atoms with Crippen molar-refractivity contribution in [2.24, 2.45) is 5.73 Å². The summed E-state index contributed by atoms with van der Waals surface area (Å²) in [5.41, 5.74) is 7.23. The third-order valence-corrected chi connectivity index (χ3v) is 5.34. The monoisotopic (exact) mass is 332 g/mol. The van der Waals surface area contributed by atoms with Crippen molar-refractivity contribution >= 4 is 38.1 Å². The average Bonchev–Trinajstić information content (AvgIpc) is 2.84. The Balaban J connectivity index is 2.05. The normalized spacial score (nSPS) is 27.7. The molecule has 2 atom stereocenters. The average molecular weight is 333 g/mol. The molecule has 1 aromatic heterocycles. The Hall–Kier alpha value is -0.470. The van der Waals surface area contributed by atoms with Crippen molar-refractivity contribution in [1.29, 1.82) is 0 Å². The minimum atomic E-state index is -1.11. The highest BCUT2D eigenvalue weighted by molar-refractivity contribution is 9.11. The van der Waals surface area contributed by atoms with Gasteiger partial charge >= 0.3 is 0 Å². The van der Waals surface area contributed by atoms with Crippen LogP contribution in [0, 0.1) is 0 Å². The van der Waals surface area contributed by atoms with Gasteiger partial charge in [-0.05, 0) is 15.9 Å². The zero-order chi connectivity index (χ0) is 12.9. The fraction of sp³-hybridized carbons (Fsp3) is 0.545. The SMILES string of the molecule is NC1c2c(Br)sc(N3CCOCC3)c2C(=O)C1O. The van der Waals surface area contributed by atoms with Crippen LogP contribution in [-0.2, 0) is 4.74 Å². The van der Waals surface area contributed by atoms with Crippen LogP contribution in [-0.4, -0.2) is 43.3 Å². The molecule has 7 heteroatoms. The summed E-state index contributed by atoms with van der Waals surface area (Å²) in [5.74, 6) is -0.263. The highest BCUT2D eigenvalue weighted by Crippen LogP contribution is 2.47. The lowest BCUT2D eigenvalue weighted by molar-refractivity contribution is 0.0736. The van der Waals surface area contributed by atoms with Crippen molar-refractivity contribution in [2.75, 3.05) is 31.2 Å². The van der Waals surface area contributed by atoms with Crippen LogP contribution in [0.15, 0.2) is 3.79 Å². The number of aliphatic hydroxyl groups is 1. The van der Waals surface area contributed by atoms with E-state index >= 15 is 0 Å². The predicted octanol–water partition coefficient (Wildman–Crippen LogP) is 0.904. The van der Waals surface area contributed by atoms with E-state index in [1.165, 1.54) is 11.3 Å². The van der Waals surface area contributed by atoms with Gasteiger partial charge in [-0.3, -0.25) is 4.79 Å². The Bertz CT molecular complexity index is 499. The lowest BCUT2D eigenvalue weighted by Crippen LogP contribution is -2.36. The number of morpholine rings is 1. The second kappa shape index (κ2) is 4.57. The summed E-state index contributed by atoms with van der Waals surface area (Å²) in [5, 5.41) is 10.7. The fourth-order valence-corrected chi connectivity index (χ4v) is 4.46. The van der Waals surface area contributed by atoms with Gasteiger partial charge in [-0.15, -0.1) is 11.3 Å². The number of Topliss-reactive ketones (excluding diaryl/α,β-unsaturated/α-hetero) is 1. The predicted molar refractivity (Wildman–Crippen MR) is 72.3 cm³/mol. The van der Waals surface area contributed by atoms with Crippen molar-refractivity contribution in [3.63, 3.8) is 0 Å². The maximum absolute atomic E-state index is 12.1. The molecule has 1 aliphatic carbocycles. The molecule has 0 spiro atoms. The second-order valence-electron chi connectivity index (χ2n) is 4.40. The molecule has 0 bridgehead atoms. The number of halogens is 1. The van der Waals surface area contributed by atoms with Crippen LogP contribution >= 0.6 is 27.3 Å². The Morgan fingerprint density at radius 1 is 1.44 bits per heavy atom. The number of nitrogens with two attached hydrogens (primary N) is 1. The molecule has 3 N–H and O–H groups in total. The quantitative estimate of drug-likeness (QED) is 0.799. The molecule has 5 nitrogen and oxygen atoms in total. The zero-order valence-corrected chi connectivity index (χ0v) is 12.0. The summed E-state index contributed by atoms with van der Waals surface area (Å²) in [7, 11) is 0. The molecule has 2 unspecified atom stereocenters. The zero-order valence-electron chi connectivity index (χ0n) is 9.56. The third-order valence-electron chi connectivity index (χ3n) is 3.37. The molecule has 3 rings (SSSR count). The summed E-state index contributed by atoms with van der Waals surface area (Å²) in [4.78, 5) is 14.2. The van der Waals surface area contributed by atoms with Gasteiger partial charge in [-0.1, -0.05) is 0 Å². The van der Waals surface area contributed by atoms with E-state index in [4.69, 9.17) is 10.5 Å². The number of ether oxygens (including phenoxy) is 1. The smallest absolute Gasteiger partial charge is 0.196 e. The first-order valence-electron chi connectivity index (χ1n) is 5.74. The van der Waals surface area contributed by atoms with E-state index in [-0.39, 0.29) is 5.78 Å². The van der Waals surface area contributed by atoms with Crippen LogP contribution in [0.3, 0.4) is 0 Å². The van der Waals surface area contributed by atoms with E-state index in [9.17, 15) is 9.90 Å². The van der Waals surface area contributed by atoms with Crippen LogP contribution in [0.1, 0.15) is 22.0 Å². The van der Waals surface area contributed by atoms with Crippen LogP contribution < -0.4 is 10.6 Å². The Labute approximate surface area is 117 Å². The van der Waals surface area contributed by atoms with Crippen molar-refractivity contribution in [1.82, 2.24) is 0 Å². The van der Waals surface area contributed by atoms with Gasteiger partial charge in [0.2, 0.25) is 0 Å². The number of aliphatic hydroxyl groups excluding tert-OH is 1. The van der Waals surface area contributed by atoms with E-state index < -0.39 is 12.1 Å². The van der Waals surface area contributed by atoms with Crippen molar-refractivity contribution in [2.45, 2.75) is 12.1 Å². The van der Waals surface area contributed by atoms with Crippen LogP contribution in [0.2, 0.25) is 0 Å². The van der Waals surface area contributed by atoms with E-state index in [0.717, 1.165) is 27.4 Å². The highest BCUT2D eigenvalue weighted by Gasteiger charge is 2.42. The molecular weight excluding hydrogens is 320 g/mol. The molecule has 2 heterocycles. The topological polar surface area (TPSA) is 75.8 Å². The number of hydrogen-bond donors (Lipinski definition) is 2. The maximum atomic E-state index is 12.1. The van der Waals surface area contributed by atoms with E-state index in [0.29, 0.717) is 18.8 Å². The van der Waals surface area contributed by atoms with E-state index in [1.54, 1.807) is 0 Å². The Morgan fingerprint density at radius 3 is 2.78 bits per heavy atom. The molecule has 98 valence electrons. The molecule has 18 heavy (non-hydrogen) atoms. The first-order valence-corrected chi connectivity index (χ1v) is 7.35. The maximum Gasteiger partial charge on any atom is 0.196 e. The number of hydrogen-bond acceptors (Lipinski definition) is 6. The first-order chi connectivity index (χ1) is 8.61. The van der Waals surface area contributed by atoms with Gasteiger partial charge in [0, 0.05) is 18.7 Å². The lowest BCUT2D eigenvalue weighted by Gasteiger charge is -2.28. The number of fused-ring (bicyclic) bond motifs is 1. The highest BCUT2D eigenvalue weighted by atomic mass is 79.9. The van der Waals surface area contributed by atoms with Crippen LogP contribution in [0.5, 0.6) is 0 Å². The standard InChI is InChI=1S/C11H13BrN2O3S/c12-10-5-6(8(15)9(16)7(5)13)11(18-10)14-1-3-17-4-2-14/h7,9,16H,1-4,13H2. The Kier molecular flexibility index (Phi) is 3.19. The number of rotatable bonds is 1. The third kappa shape index (κ3) is 1.73. The summed E-state index contributed by atoms with van der Waals surface area (Å²) < 4.78 is 6.15. The molecule has 1 saturated heterocycles. The number of carbonyl (C=O) groups is 1. The van der Waals surface area contributed by atoms with Gasteiger partial charge in [-0.2, -0.15) is 0 Å². The molecule has 1 aliphatic heterocycles. The van der Waals surface area contributed by atoms with Gasteiger partial charge in [0.05, 0.1) is 28.6 Å². The number of ketones is 1. The largest absolute Gasteiger partial charge is 0.383 e. The summed E-state index contributed by atoms with van der Waals surface area (Å²) in [6.07, 6.45) is -1.11. The number of nitrogens with zero attached hydrogens (tertiary/aromatic N) is 1. The molecule has 0 radical (unpaired) electrons. The van der Waals surface area contributed by atoms with Gasteiger partial charge in [0.15, 0.2) is 5.78 Å². The molecule has 0 aromatic carbocycles. The summed E-state index contributed by atoms with van der Waals surface area (Å²) >= 11 is 4.96. The van der Waals surface area contributed by atoms with Gasteiger partial charge in [0.1, 0.15) is 11.1 Å². The number of thiophene rings is 1. The molecule has 2 aliphatic rings. The van der Waals surface area contributed by atoms with Gasteiger partial charge < -0.3 is 20.5 Å². The molecule has 0 saturated carbocycles. The van der Waals surface area contributed by atoms with Gasteiger partial charge in [0.25, 0.3) is 0 Å². The van der Waals surface area contributed by atoms with Crippen molar-refractivity contribution in [3.8, 4) is 0 Å². The second-order valence-corrected chi connectivity index (χ2v) is 6.72. The number of anilines is 1. The lowest BCUT2D eigenvalue weighted by atomic mass is 10.2. The van der Waals surface area contributed by atoms with E-state index in [2.05, 4.69) is 20.8 Å². The Morgan fingerprint density at radius 2 is 2.11 bits per heavy atom. The van der Waals surface area contributed by atoms with E-state index in [1.807, 2.05) is 0 Å². The van der Waals surface area contributed by atoms with Crippen molar-refractivity contribution < 1.29 is 14.6 Å². The van der Waals surface area contributed by atoms with Crippen LogP contribution in [0.4, 0.5) is 5.00 Å².